The Kier molecular flexibility index (Phi) is 11.2. The Balaban J connectivity index is 0.00000432. The number of esters is 1. The normalized spacial score (nSPS) is 14.5. The highest BCUT2D eigenvalue weighted by molar-refractivity contribution is 7.12. The third-order valence-electron chi connectivity index (χ3n) is 5.38. The number of nitrogens with one attached hydrogen (secondary N) is 2. The van der Waals surface area contributed by atoms with Crippen molar-refractivity contribution in [1.82, 2.24) is 25.5 Å². The lowest BCUT2D eigenvalue weighted by Crippen LogP contribution is -2.49. The van der Waals surface area contributed by atoms with E-state index in [4.69, 9.17) is 9.47 Å². The van der Waals surface area contributed by atoms with Gasteiger partial charge in [0.2, 0.25) is 0 Å². The first-order chi connectivity index (χ1) is 16.3. The van der Waals surface area contributed by atoms with E-state index in [1.165, 1.54) is 11.3 Å². The summed E-state index contributed by atoms with van der Waals surface area (Å²) in [6, 6.07) is 2.40. The number of aromatic nitrogens is 2. The Morgan fingerprint density at radius 1 is 1.14 bits per heavy atom. The van der Waals surface area contributed by atoms with Crippen molar-refractivity contribution in [1.29, 1.82) is 0 Å². The number of carbonyl (C=O) groups excluding carboxylic acids is 3. The van der Waals surface area contributed by atoms with Crippen LogP contribution in [0.4, 0.5) is 0 Å². The summed E-state index contributed by atoms with van der Waals surface area (Å²) in [6.45, 7) is 9.22. The standard InChI is InChI=1S/C23H31N5O5S.CH4/c1-15-20(16(2)26-17(3)25-15)22(30)27-18(14-24-21(29)19-6-4-13-34-19)23(31)33-10-5-7-28-8-11-32-12-9-28;/h4,6,13,18H,5,7-12,14H2,1-3H3,(H,24,29)(H,27,30);1H4/t18-;/m0./s1. The third kappa shape index (κ3) is 8.37. The lowest BCUT2D eigenvalue weighted by molar-refractivity contribution is -0.146. The molecule has 3 heterocycles. The van der Waals surface area contributed by atoms with Gasteiger partial charge in [-0.25, -0.2) is 14.8 Å². The van der Waals surface area contributed by atoms with E-state index in [1.54, 1.807) is 38.3 Å². The summed E-state index contributed by atoms with van der Waals surface area (Å²) < 4.78 is 10.8. The highest BCUT2D eigenvalue weighted by Crippen LogP contribution is 2.11. The van der Waals surface area contributed by atoms with Crippen LogP contribution in [0.2, 0.25) is 0 Å². The fourth-order valence-corrected chi connectivity index (χ4v) is 4.35. The molecule has 0 saturated carbocycles. The van der Waals surface area contributed by atoms with Crippen LogP contribution >= 0.6 is 11.3 Å². The zero-order chi connectivity index (χ0) is 24.5. The summed E-state index contributed by atoms with van der Waals surface area (Å²) in [5, 5.41) is 7.19. The second-order valence-corrected chi connectivity index (χ2v) is 8.95. The molecule has 2 aromatic heterocycles. The summed E-state index contributed by atoms with van der Waals surface area (Å²) in [5.41, 5.74) is 1.34. The Bertz CT molecular complexity index is 969. The van der Waals surface area contributed by atoms with Gasteiger partial charge in [0.25, 0.3) is 11.8 Å². The maximum absolute atomic E-state index is 13.0. The van der Waals surface area contributed by atoms with Crippen molar-refractivity contribution >= 4 is 29.1 Å². The molecule has 0 unspecified atom stereocenters. The minimum Gasteiger partial charge on any atom is -0.464 e. The van der Waals surface area contributed by atoms with Gasteiger partial charge in [-0.1, -0.05) is 13.5 Å². The summed E-state index contributed by atoms with van der Waals surface area (Å²) in [6.07, 6.45) is 0.665. The fraction of sp³-hybridized carbons (Fsp3) is 0.542. The van der Waals surface area contributed by atoms with E-state index >= 15 is 0 Å². The molecule has 1 aliphatic heterocycles. The molecule has 11 heteroatoms. The average molecular weight is 506 g/mol. The van der Waals surface area contributed by atoms with Crippen LogP contribution in [0, 0.1) is 20.8 Å². The van der Waals surface area contributed by atoms with Gasteiger partial charge in [-0.15, -0.1) is 11.3 Å². The van der Waals surface area contributed by atoms with Gasteiger partial charge in [-0.3, -0.25) is 14.5 Å². The first kappa shape index (κ1) is 28.3. The third-order valence-corrected chi connectivity index (χ3v) is 6.25. The molecule has 1 saturated heterocycles. The molecule has 192 valence electrons. The number of hydrogen-bond acceptors (Lipinski definition) is 9. The van der Waals surface area contributed by atoms with Crippen LogP contribution in [-0.4, -0.2) is 84.7 Å². The van der Waals surface area contributed by atoms with E-state index in [2.05, 4.69) is 25.5 Å². The van der Waals surface area contributed by atoms with Gasteiger partial charge in [-0.05, 0) is 38.6 Å². The first-order valence-electron chi connectivity index (χ1n) is 11.3. The van der Waals surface area contributed by atoms with Gasteiger partial charge < -0.3 is 20.1 Å². The lowest BCUT2D eigenvalue weighted by atomic mass is 10.1. The number of ether oxygens (including phenoxy) is 2. The SMILES string of the molecule is C.Cc1nc(C)c(C(=O)N[C@@H](CNC(=O)c2cccs2)C(=O)OCCCN2CCOCC2)c(C)n1. The molecule has 0 aliphatic carbocycles. The second-order valence-electron chi connectivity index (χ2n) is 8.01. The molecule has 0 bridgehead atoms. The molecule has 2 amide bonds. The molecule has 3 rings (SSSR count). The largest absolute Gasteiger partial charge is 0.464 e. The number of amides is 2. The van der Waals surface area contributed by atoms with Gasteiger partial charge in [-0.2, -0.15) is 0 Å². The minimum absolute atomic E-state index is 0. The number of thiophene rings is 1. The Morgan fingerprint density at radius 3 is 2.46 bits per heavy atom. The van der Waals surface area contributed by atoms with Crippen LogP contribution in [0.15, 0.2) is 17.5 Å². The molecule has 1 fully saturated rings. The smallest absolute Gasteiger partial charge is 0.330 e. The molecule has 0 radical (unpaired) electrons. The lowest BCUT2D eigenvalue weighted by Gasteiger charge is -2.26. The molecular formula is C24H35N5O5S. The monoisotopic (exact) mass is 505 g/mol. The zero-order valence-electron chi connectivity index (χ0n) is 19.8. The summed E-state index contributed by atoms with van der Waals surface area (Å²) in [5.74, 6) is -0.854. The van der Waals surface area contributed by atoms with Crippen molar-refractivity contribution in [3.63, 3.8) is 0 Å². The van der Waals surface area contributed by atoms with E-state index in [0.29, 0.717) is 47.3 Å². The van der Waals surface area contributed by atoms with Crippen LogP contribution in [0.5, 0.6) is 0 Å². The van der Waals surface area contributed by atoms with Crippen LogP contribution < -0.4 is 10.6 Å². The summed E-state index contributed by atoms with van der Waals surface area (Å²) in [7, 11) is 0. The minimum atomic E-state index is -1.06. The van der Waals surface area contributed by atoms with Crippen molar-refractivity contribution in [3.8, 4) is 0 Å². The molecular weight excluding hydrogens is 470 g/mol. The van der Waals surface area contributed by atoms with E-state index in [9.17, 15) is 14.4 Å². The van der Waals surface area contributed by atoms with Crippen molar-refractivity contribution in [2.45, 2.75) is 40.7 Å². The van der Waals surface area contributed by atoms with E-state index < -0.39 is 17.9 Å². The number of nitrogens with zero attached hydrogens (tertiary/aromatic N) is 3. The Hall–Kier alpha value is -2.89. The van der Waals surface area contributed by atoms with Crippen molar-refractivity contribution < 1.29 is 23.9 Å². The quantitative estimate of drug-likeness (QED) is 0.371. The maximum atomic E-state index is 13.0. The highest BCUT2D eigenvalue weighted by atomic mass is 32.1. The number of aryl methyl sites for hydroxylation is 3. The van der Waals surface area contributed by atoms with Crippen LogP contribution in [0.3, 0.4) is 0 Å². The summed E-state index contributed by atoms with van der Waals surface area (Å²) >= 11 is 1.29. The predicted molar refractivity (Wildman–Crippen MR) is 134 cm³/mol. The van der Waals surface area contributed by atoms with Gasteiger partial charge in [0.1, 0.15) is 11.9 Å². The molecule has 0 aromatic carbocycles. The number of morpholine rings is 1. The second kappa shape index (κ2) is 13.9. The molecule has 10 nitrogen and oxygen atoms in total. The zero-order valence-corrected chi connectivity index (χ0v) is 20.6. The molecule has 35 heavy (non-hydrogen) atoms. The van der Waals surface area contributed by atoms with Crippen LogP contribution in [0.1, 0.15) is 51.1 Å². The van der Waals surface area contributed by atoms with Crippen LogP contribution in [0.25, 0.3) is 0 Å². The maximum Gasteiger partial charge on any atom is 0.330 e. The molecule has 2 aromatic rings. The number of hydrogen-bond donors (Lipinski definition) is 2. The van der Waals surface area contributed by atoms with Crippen molar-refractivity contribution in [2.75, 3.05) is 46.0 Å². The van der Waals surface area contributed by atoms with Crippen molar-refractivity contribution in [2.24, 2.45) is 0 Å². The molecule has 2 N–H and O–H groups in total. The topological polar surface area (TPSA) is 123 Å². The Labute approximate surface area is 210 Å². The number of rotatable bonds is 10. The fourth-order valence-electron chi connectivity index (χ4n) is 3.71. The summed E-state index contributed by atoms with van der Waals surface area (Å²) in [4.78, 5) is 49.5. The molecule has 1 aliphatic rings. The number of carbonyl (C=O) groups is 3. The average Bonchev–Trinajstić information content (AvgIpc) is 3.34. The highest BCUT2D eigenvalue weighted by Gasteiger charge is 2.26. The van der Waals surface area contributed by atoms with Gasteiger partial charge in [0.15, 0.2) is 0 Å². The predicted octanol–water partition coefficient (Wildman–Crippen LogP) is 1.89. The van der Waals surface area contributed by atoms with Crippen molar-refractivity contribution in [3.05, 3.63) is 45.2 Å². The van der Waals surface area contributed by atoms with Gasteiger partial charge >= 0.3 is 5.97 Å². The van der Waals surface area contributed by atoms with Gasteiger partial charge in [0.05, 0.1) is 41.6 Å². The molecule has 1 atom stereocenters. The van der Waals surface area contributed by atoms with Gasteiger partial charge in [0, 0.05) is 26.2 Å². The first-order valence-corrected chi connectivity index (χ1v) is 12.1. The molecule has 0 spiro atoms. The van der Waals surface area contributed by atoms with Crippen LogP contribution in [-0.2, 0) is 14.3 Å². The van der Waals surface area contributed by atoms with E-state index in [1.807, 2.05) is 0 Å². The van der Waals surface area contributed by atoms with E-state index in [-0.39, 0.29) is 26.5 Å². The Morgan fingerprint density at radius 2 is 1.83 bits per heavy atom. The van der Waals surface area contributed by atoms with E-state index in [0.717, 1.165) is 19.6 Å².